The summed E-state index contributed by atoms with van der Waals surface area (Å²) in [7, 11) is 0. The second kappa shape index (κ2) is 7.98. The maximum atomic E-state index is 12.8. The highest BCUT2D eigenvalue weighted by Gasteiger charge is 2.31. The lowest BCUT2D eigenvalue weighted by molar-refractivity contribution is -0.123. The molecule has 0 saturated carbocycles. The molecular weight excluding hydrogens is 324 g/mol. The molecule has 0 radical (unpaired) electrons. The number of carbonyl (C=O) groups excluding carboxylic acids is 2. The molecule has 0 bridgehead atoms. The molecule has 3 rings (SSSR count). The summed E-state index contributed by atoms with van der Waals surface area (Å²) in [4.78, 5) is 30.3. The molecule has 0 spiro atoms. The molecule has 2 amide bonds. The third kappa shape index (κ3) is 4.27. The molecule has 25 heavy (non-hydrogen) atoms. The number of hydrogen-bond acceptors (Lipinski definition) is 5. The topological polar surface area (TPSA) is 89.6 Å². The van der Waals surface area contributed by atoms with Gasteiger partial charge in [-0.3, -0.25) is 9.59 Å². The van der Waals surface area contributed by atoms with E-state index in [1.54, 1.807) is 29.6 Å². The molecular formula is C17H22N4O4. The van der Waals surface area contributed by atoms with E-state index in [0.717, 1.165) is 0 Å². The van der Waals surface area contributed by atoms with Crippen LogP contribution < -0.4 is 5.32 Å². The Labute approximate surface area is 145 Å². The van der Waals surface area contributed by atoms with E-state index in [9.17, 15) is 9.59 Å². The summed E-state index contributed by atoms with van der Waals surface area (Å²) < 4.78 is 13.0. The maximum absolute atomic E-state index is 12.8. The van der Waals surface area contributed by atoms with Crippen LogP contribution in [0, 0.1) is 0 Å². The zero-order valence-corrected chi connectivity index (χ0v) is 14.2. The van der Waals surface area contributed by atoms with Gasteiger partial charge in [-0.25, -0.2) is 4.98 Å². The fourth-order valence-corrected chi connectivity index (χ4v) is 2.85. The van der Waals surface area contributed by atoms with Gasteiger partial charge in [0.25, 0.3) is 5.91 Å². The average molecular weight is 346 g/mol. The SMILES string of the molecule is CCNC(=O)C[C@@H]1COCCN1C(=O)c1ccc(Cn2ccnc2)o1. The first-order valence-corrected chi connectivity index (χ1v) is 8.37. The molecule has 8 nitrogen and oxygen atoms in total. The lowest BCUT2D eigenvalue weighted by Crippen LogP contribution is -2.50. The van der Waals surface area contributed by atoms with Crippen molar-refractivity contribution in [3.63, 3.8) is 0 Å². The van der Waals surface area contributed by atoms with Crippen molar-refractivity contribution >= 4 is 11.8 Å². The van der Waals surface area contributed by atoms with Crippen LogP contribution in [-0.2, 0) is 16.1 Å². The van der Waals surface area contributed by atoms with E-state index in [1.165, 1.54) is 0 Å². The summed E-state index contributed by atoms with van der Waals surface area (Å²) in [5, 5.41) is 2.76. The zero-order valence-electron chi connectivity index (χ0n) is 14.2. The number of rotatable bonds is 6. The number of nitrogens with zero attached hydrogens (tertiary/aromatic N) is 3. The van der Waals surface area contributed by atoms with Crippen LogP contribution in [0.3, 0.4) is 0 Å². The van der Waals surface area contributed by atoms with Crippen molar-refractivity contribution < 1.29 is 18.7 Å². The van der Waals surface area contributed by atoms with Crippen LogP contribution in [0.5, 0.6) is 0 Å². The van der Waals surface area contributed by atoms with Crippen LogP contribution in [0.1, 0.15) is 29.7 Å². The van der Waals surface area contributed by atoms with Crippen LogP contribution in [-0.4, -0.2) is 58.6 Å². The largest absolute Gasteiger partial charge is 0.454 e. The number of carbonyl (C=O) groups is 2. The first kappa shape index (κ1) is 17.2. The molecule has 134 valence electrons. The predicted octanol–water partition coefficient (Wildman–Crippen LogP) is 0.892. The predicted molar refractivity (Wildman–Crippen MR) is 89.0 cm³/mol. The third-order valence-electron chi connectivity index (χ3n) is 4.05. The second-order valence-electron chi connectivity index (χ2n) is 5.89. The van der Waals surface area contributed by atoms with Gasteiger partial charge in [-0.15, -0.1) is 0 Å². The van der Waals surface area contributed by atoms with Crippen LogP contribution in [0.2, 0.25) is 0 Å². The first-order valence-electron chi connectivity index (χ1n) is 8.37. The van der Waals surface area contributed by atoms with Crippen molar-refractivity contribution in [2.24, 2.45) is 0 Å². The van der Waals surface area contributed by atoms with Crippen molar-refractivity contribution in [3.8, 4) is 0 Å². The maximum Gasteiger partial charge on any atom is 0.289 e. The number of morpholine rings is 1. The van der Waals surface area contributed by atoms with E-state index in [1.807, 2.05) is 17.7 Å². The second-order valence-corrected chi connectivity index (χ2v) is 5.89. The quantitative estimate of drug-likeness (QED) is 0.839. The fraction of sp³-hybridized carbons (Fsp3) is 0.471. The van der Waals surface area contributed by atoms with Gasteiger partial charge in [0.15, 0.2) is 5.76 Å². The number of nitrogens with one attached hydrogen (secondary N) is 1. The van der Waals surface area contributed by atoms with Crippen LogP contribution in [0.4, 0.5) is 0 Å². The molecule has 1 aliphatic heterocycles. The van der Waals surface area contributed by atoms with Crippen molar-refractivity contribution in [3.05, 3.63) is 42.4 Å². The Bertz CT molecular complexity index is 710. The fourth-order valence-electron chi connectivity index (χ4n) is 2.85. The minimum absolute atomic E-state index is 0.0870. The van der Waals surface area contributed by atoms with Gasteiger partial charge >= 0.3 is 0 Å². The van der Waals surface area contributed by atoms with Gasteiger partial charge in [0.2, 0.25) is 5.91 Å². The van der Waals surface area contributed by atoms with Gasteiger partial charge in [-0.2, -0.15) is 0 Å². The Balaban J connectivity index is 1.67. The molecule has 1 aliphatic rings. The summed E-state index contributed by atoms with van der Waals surface area (Å²) in [5.74, 6) is 0.651. The highest BCUT2D eigenvalue weighted by molar-refractivity contribution is 5.92. The zero-order chi connectivity index (χ0) is 17.6. The summed E-state index contributed by atoms with van der Waals surface area (Å²) in [6.07, 6.45) is 5.43. The molecule has 8 heteroatoms. The highest BCUT2D eigenvalue weighted by Crippen LogP contribution is 2.17. The summed E-state index contributed by atoms with van der Waals surface area (Å²) in [6, 6.07) is 3.18. The number of amides is 2. The monoisotopic (exact) mass is 346 g/mol. The van der Waals surface area contributed by atoms with E-state index < -0.39 is 0 Å². The smallest absolute Gasteiger partial charge is 0.289 e. The van der Waals surface area contributed by atoms with Crippen LogP contribution in [0.15, 0.2) is 35.3 Å². The van der Waals surface area contributed by atoms with Gasteiger partial charge in [0.1, 0.15) is 5.76 Å². The molecule has 2 aromatic rings. The number of furan rings is 1. The summed E-state index contributed by atoms with van der Waals surface area (Å²) in [6.45, 7) is 4.20. The minimum atomic E-state index is -0.282. The normalized spacial score (nSPS) is 17.5. The standard InChI is InChI=1S/C17H22N4O4/c1-2-19-16(22)9-13-11-24-8-7-21(13)17(23)15-4-3-14(25-15)10-20-6-5-18-12-20/h3-6,12-13H,2,7-11H2,1H3,(H,19,22)/t13-/m1/s1. The van der Waals surface area contributed by atoms with Gasteiger partial charge in [0.05, 0.1) is 32.1 Å². The average Bonchev–Trinajstić information content (AvgIpc) is 3.27. The summed E-state index contributed by atoms with van der Waals surface area (Å²) in [5.41, 5.74) is 0. The van der Waals surface area contributed by atoms with Crippen molar-refractivity contribution in [2.75, 3.05) is 26.3 Å². The first-order chi connectivity index (χ1) is 12.2. The van der Waals surface area contributed by atoms with Crippen molar-refractivity contribution in [1.82, 2.24) is 19.8 Å². The number of aromatic nitrogens is 2. The van der Waals surface area contributed by atoms with Gasteiger partial charge in [-0.1, -0.05) is 0 Å². The van der Waals surface area contributed by atoms with Gasteiger partial charge < -0.3 is 23.9 Å². The number of ether oxygens (including phenoxy) is 1. The van der Waals surface area contributed by atoms with Crippen LogP contribution in [0.25, 0.3) is 0 Å². The lowest BCUT2D eigenvalue weighted by atomic mass is 10.1. The Morgan fingerprint density at radius 1 is 1.40 bits per heavy atom. The van der Waals surface area contributed by atoms with E-state index in [2.05, 4.69) is 10.3 Å². The number of imidazole rings is 1. The Kier molecular flexibility index (Phi) is 5.49. The molecule has 0 aromatic carbocycles. The highest BCUT2D eigenvalue weighted by atomic mass is 16.5. The van der Waals surface area contributed by atoms with E-state index in [-0.39, 0.29) is 30.0 Å². The van der Waals surface area contributed by atoms with Crippen LogP contribution >= 0.6 is 0 Å². The Morgan fingerprint density at radius 3 is 3.04 bits per heavy atom. The van der Waals surface area contributed by atoms with Gasteiger partial charge in [0, 0.05) is 31.9 Å². The van der Waals surface area contributed by atoms with E-state index in [4.69, 9.17) is 9.15 Å². The molecule has 0 unspecified atom stereocenters. The Hall–Kier alpha value is -2.61. The molecule has 2 aromatic heterocycles. The lowest BCUT2D eigenvalue weighted by Gasteiger charge is -2.34. The van der Waals surface area contributed by atoms with Gasteiger partial charge in [-0.05, 0) is 19.1 Å². The molecule has 1 N–H and O–H groups in total. The molecule has 1 fully saturated rings. The third-order valence-corrected chi connectivity index (χ3v) is 4.05. The van der Waals surface area contributed by atoms with E-state index in [0.29, 0.717) is 38.6 Å². The van der Waals surface area contributed by atoms with Crippen molar-refractivity contribution in [1.29, 1.82) is 0 Å². The van der Waals surface area contributed by atoms with E-state index >= 15 is 0 Å². The molecule has 3 heterocycles. The molecule has 0 aliphatic carbocycles. The molecule has 1 saturated heterocycles. The number of hydrogen-bond donors (Lipinski definition) is 1. The minimum Gasteiger partial charge on any atom is -0.454 e. The summed E-state index contributed by atoms with van der Waals surface area (Å²) >= 11 is 0. The van der Waals surface area contributed by atoms with Crippen molar-refractivity contribution in [2.45, 2.75) is 25.9 Å². The Morgan fingerprint density at radius 2 is 2.28 bits per heavy atom. The molecule has 1 atom stereocenters.